The zero-order valence-electron chi connectivity index (χ0n) is 13.1. The molecule has 0 unspecified atom stereocenters. The second-order valence-corrected chi connectivity index (χ2v) is 7.15. The monoisotopic (exact) mass is 376 g/mol. The molecule has 0 saturated heterocycles. The fourth-order valence-electron chi connectivity index (χ4n) is 2.35. The molecular formula is C16H13ClN4O3S. The van der Waals surface area contributed by atoms with Crippen LogP contribution in [-0.4, -0.2) is 32.9 Å². The Kier molecular flexibility index (Phi) is 4.14. The molecule has 0 fully saturated rings. The molecule has 0 bridgehead atoms. The maximum Gasteiger partial charge on any atom is 0.237 e. The Labute approximate surface area is 152 Å². The number of carbonyl (C=O) groups is 1. The lowest BCUT2D eigenvalue weighted by atomic mass is 10.2. The fraction of sp³-hybridized carbons (Fsp3) is 0.188. The van der Waals surface area contributed by atoms with E-state index >= 15 is 0 Å². The van der Waals surface area contributed by atoms with Gasteiger partial charge < -0.3 is 19.8 Å². The van der Waals surface area contributed by atoms with Crippen LogP contribution in [0.1, 0.15) is 6.92 Å². The van der Waals surface area contributed by atoms with E-state index in [0.29, 0.717) is 33.0 Å². The zero-order valence-corrected chi connectivity index (χ0v) is 14.6. The smallest absolute Gasteiger partial charge is 0.237 e. The Hall–Kier alpha value is -2.45. The van der Waals surface area contributed by atoms with Crippen molar-refractivity contribution in [1.29, 1.82) is 0 Å². The number of benzene rings is 1. The number of fused-ring (bicyclic) bond motifs is 2. The number of thioether (sulfide) groups is 1. The number of H-pyrrole nitrogens is 1. The van der Waals surface area contributed by atoms with E-state index in [9.17, 15) is 4.79 Å². The molecule has 0 saturated carbocycles. The fourth-order valence-corrected chi connectivity index (χ4v) is 3.31. The molecule has 128 valence electrons. The molecule has 9 heteroatoms. The summed E-state index contributed by atoms with van der Waals surface area (Å²) >= 11 is 7.22. The van der Waals surface area contributed by atoms with Crippen LogP contribution in [0.4, 0.5) is 5.69 Å². The van der Waals surface area contributed by atoms with Crippen molar-refractivity contribution in [3.63, 3.8) is 0 Å². The Morgan fingerprint density at radius 1 is 1.36 bits per heavy atom. The third-order valence-corrected chi connectivity index (χ3v) is 4.77. The quantitative estimate of drug-likeness (QED) is 0.678. The minimum absolute atomic E-state index is 0.143. The molecule has 3 heterocycles. The Balaban J connectivity index is 1.44. The number of nitrogens with one attached hydrogen (secondary N) is 2. The van der Waals surface area contributed by atoms with Crippen molar-refractivity contribution in [2.45, 2.75) is 17.3 Å². The second-order valence-electron chi connectivity index (χ2n) is 5.38. The number of hydrogen-bond donors (Lipinski definition) is 2. The molecule has 4 rings (SSSR count). The van der Waals surface area contributed by atoms with Crippen LogP contribution in [0.2, 0.25) is 5.02 Å². The van der Waals surface area contributed by atoms with E-state index in [1.54, 1.807) is 31.2 Å². The average Bonchev–Trinajstić information content (AvgIpc) is 3.19. The van der Waals surface area contributed by atoms with E-state index in [2.05, 4.69) is 20.3 Å². The number of imidazole rings is 1. The van der Waals surface area contributed by atoms with E-state index < -0.39 is 0 Å². The van der Waals surface area contributed by atoms with Gasteiger partial charge in [0.25, 0.3) is 0 Å². The molecule has 1 aromatic carbocycles. The third kappa shape index (κ3) is 3.35. The first-order valence-electron chi connectivity index (χ1n) is 7.47. The van der Waals surface area contributed by atoms with E-state index in [-0.39, 0.29) is 18.0 Å². The van der Waals surface area contributed by atoms with Crippen LogP contribution in [-0.2, 0) is 4.79 Å². The van der Waals surface area contributed by atoms with Crippen molar-refractivity contribution in [2.75, 3.05) is 12.1 Å². The number of halogens is 1. The first-order valence-corrected chi connectivity index (χ1v) is 8.73. The number of hydrogen-bond acceptors (Lipinski definition) is 6. The maximum atomic E-state index is 12.4. The number of ether oxygens (including phenoxy) is 2. The summed E-state index contributed by atoms with van der Waals surface area (Å²) in [6.07, 6.45) is 1.54. The molecule has 25 heavy (non-hydrogen) atoms. The lowest BCUT2D eigenvalue weighted by molar-refractivity contribution is -0.115. The van der Waals surface area contributed by atoms with Gasteiger partial charge in [-0.05, 0) is 25.1 Å². The number of nitrogens with zero attached hydrogens (tertiary/aromatic N) is 2. The van der Waals surface area contributed by atoms with Crippen LogP contribution < -0.4 is 14.8 Å². The van der Waals surface area contributed by atoms with Crippen molar-refractivity contribution in [2.24, 2.45) is 0 Å². The number of carbonyl (C=O) groups excluding carboxylic acids is 1. The molecule has 7 nitrogen and oxygen atoms in total. The van der Waals surface area contributed by atoms with Crippen LogP contribution in [0.5, 0.6) is 11.5 Å². The first-order chi connectivity index (χ1) is 12.1. The van der Waals surface area contributed by atoms with Crippen LogP contribution in [0.15, 0.2) is 35.6 Å². The average molecular weight is 377 g/mol. The van der Waals surface area contributed by atoms with E-state index in [1.165, 1.54) is 18.0 Å². The highest BCUT2D eigenvalue weighted by Gasteiger charge is 2.19. The molecule has 1 amide bonds. The molecule has 0 aliphatic carbocycles. The van der Waals surface area contributed by atoms with Crippen LogP contribution in [0, 0.1) is 0 Å². The van der Waals surface area contributed by atoms with Crippen LogP contribution >= 0.6 is 23.4 Å². The van der Waals surface area contributed by atoms with Crippen molar-refractivity contribution in [3.8, 4) is 11.5 Å². The molecule has 3 aromatic rings. The molecule has 0 radical (unpaired) electrons. The van der Waals surface area contributed by atoms with Gasteiger partial charge in [-0.2, -0.15) is 0 Å². The van der Waals surface area contributed by atoms with Gasteiger partial charge in [-0.1, -0.05) is 23.4 Å². The molecule has 2 aromatic heterocycles. The van der Waals surface area contributed by atoms with E-state index in [1.807, 2.05) is 0 Å². The van der Waals surface area contributed by atoms with Gasteiger partial charge >= 0.3 is 0 Å². The zero-order chi connectivity index (χ0) is 17.4. The predicted molar refractivity (Wildman–Crippen MR) is 95.4 cm³/mol. The topological polar surface area (TPSA) is 89.1 Å². The number of pyridine rings is 1. The van der Waals surface area contributed by atoms with Gasteiger partial charge in [0.2, 0.25) is 12.7 Å². The van der Waals surface area contributed by atoms with Gasteiger partial charge in [0.1, 0.15) is 0 Å². The number of rotatable bonds is 4. The first kappa shape index (κ1) is 16.0. The Morgan fingerprint density at radius 2 is 2.20 bits per heavy atom. The van der Waals surface area contributed by atoms with Crippen LogP contribution in [0.25, 0.3) is 11.2 Å². The van der Waals surface area contributed by atoms with Crippen molar-refractivity contribution >= 4 is 46.1 Å². The molecule has 0 spiro atoms. The summed E-state index contributed by atoms with van der Waals surface area (Å²) in [4.78, 5) is 24.0. The number of anilines is 1. The van der Waals surface area contributed by atoms with E-state index in [0.717, 1.165) is 5.52 Å². The summed E-state index contributed by atoms with van der Waals surface area (Å²) < 4.78 is 10.6. The van der Waals surface area contributed by atoms with Gasteiger partial charge in [-0.15, -0.1) is 0 Å². The second kappa shape index (κ2) is 6.45. The third-order valence-electron chi connectivity index (χ3n) is 3.58. The molecule has 1 aliphatic rings. The lowest BCUT2D eigenvalue weighted by Gasteiger charge is -2.10. The molecule has 2 N–H and O–H groups in total. The molecule has 1 atom stereocenters. The standard InChI is InChI=1S/C16H13ClN4O3S/c1-8(25-16-20-11-4-9(17)6-18-14(11)21-16)15(22)19-10-2-3-12-13(5-10)24-7-23-12/h2-6,8H,7H2,1H3,(H,19,22)(H,18,20,21)/t8-/m0/s1. The number of aromatic amines is 1. The Bertz CT molecular complexity index is 962. The number of aromatic nitrogens is 3. The summed E-state index contributed by atoms with van der Waals surface area (Å²) in [6.45, 7) is 2.00. The van der Waals surface area contributed by atoms with Gasteiger partial charge in [0, 0.05) is 18.0 Å². The van der Waals surface area contributed by atoms with Crippen molar-refractivity contribution in [3.05, 3.63) is 35.5 Å². The van der Waals surface area contributed by atoms with Crippen molar-refractivity contribution < 1.29 is 14.3 Å². The minimum Gasteiger partial charge on any atom is -0.454 e. The molecule has 1 aliphatic heterocycles. The minimum atomic E-state index is -0.360. The highest BCUT2D eigenvalue weighted by molar-refractivity contribution is 8.00. The van der Waals surface area contributed by atoms with Crippen LogP contribution in [0.3, 0.4) is 0 Å². The summed E-state index contributed by atoms with van der Waals surface area (Å²) in [7, 11) is 0. The summed E-state index contributed by atoms with van der Waals surface area (Å²) in [5.41, 5.74) is 1.95. The largest absolute Gasteiger partial charge is 0.454 e. The highest BCUT2D eigenvalue weighted by atomic mass is 35.5. The van der Waals surface area contributed by atoms with Gasteiger partial charge in [-0.3, -0.25) is 4.79 Å². The van der Waals surface area contributed by atoms with Gasteiger partial charge in [0.15, 0.2) is 22.3 Å². The summed E-state index contributed by atoms with van der Waals surface area (Å²) in [5.74, 6) is 1.16. The maximum absolute atomic E-state index is 12.4. The predicted octanol–water partition coefficient (Wildman–Crippen LogP) is 3.46. The Morgan fingerprint density at radius 3 is 3.08 bits per heavy atom. The van der Waals surface area contributed by atoms with E-state index in [4.69, 9.17) is 21.1 Å². The lowest BCUT2D eigenvalue weighted by Crippen LogP contribution is -2.22. The van der Waals surface area contributed by atoms with Crippen molar-refractivity contribution in [1.82, 2.24) is 15.0 Å². The summed E-state index contributed by atoms with van der Waals surface area (Å²) in [5, 5.41) is 3.64. The van der Waals surface area contributed by atoms with Gasteiger partial charge in [-0.25, -0.2) is 9.97 Å². The number of amides is 1. The molecular weight excluding hydrogens is 364 g/mol. The van der Waals surface area contributed by atoms with Gasteiger partial charge in [0.05, 0.1) is 15.8 Å². The SMILES string of the molecule is C[C@H](Sc1nc2ncc(Cl)cc2[nH]1)C(=O)Nc1ccc2c(c1)OCO2. The summed E-state index contributed by atoms with van der Waals surface area (Å²) in [6, 6.07) is 7.03. The highest BCUT2D eigenvalue weighted by Crippen LogP contribution is 2.34. The normalized spacial score (nSPS) is 13.8.